The van der Waals surface area contributed by atoms with E-state index in [1.165, 1.54) is 75.7 Å². The van der Waals surface area contributed by atoms with Gasteiger partial charge in [0, 0.05) is 72.1 Å². The Kier molecular flexibility index (Phi) is 9.09. The lowest BCUT2D eigenvalue weighted by Gasteiger charge is -2.42. The molecule has 4 aliphatic heterocycles. The van der Waals surface area contributed by atoms with Gasteiger partial charge in [-0.15, -0.1) is 0 Å². The number of benzene rings is 11. The number of anilines is 9. The Morgan fingerprint density at radius 3 is 1.57 bits per heavy atom. The van der Waals surface area contributed by atoms with Crippen LogP contribution >= 0.6 is 11.8 Å². The van der Waals surface area contributed by atoms with Crippen molar-refractivity contribution >= 4 is 131 Å². The number of fused-ring (bicyclic) bond motifs is 12. The molecular formula is C66H42B2N4OS. The summed E-state index contributed by atoms with van der Waals surface area (Å²) in [5.74, 6) is 1.75. The number of rotatable bonds is 7. The highest BCUT2D eigenvalue weighted by molar-refractivity contribution is 8.00. The van der Waals surface area contributed by atoms with Crippen molar-refractivity contribution in [2.75, 3.05) is 14.7 Å². The van der Waals surface area contributed by atoms with Crippen LogP contribution in [0.25, 0.3) is 27.5 Å². The fourth-order valence-corrected chi connectivity index (χ4v) is 13.9. The van der Waals surface area contributed by atoms with E-state index in [9.17, 15) is 0 Å². The normalized spacial score (nSPS) is 13.1. The van der Waals surface area contributed by atoms with Crippen molar-refractivity contribution in [3.8, 4) is 17.2 Å². The fraction of sp³-hybridized carbons (Fsp3) is 0. The van der Waals surface area contributed by atoms with Crippen LogP contribution in [0.3, 0.4) is 0 Å². The summed E-state index contributed by atoms with van der Waals surface area (Å²) in [7, 11) is 0. The van der Waals surface area contributed by atoms with Crippen LogP contribution in [0.1, 0.15) is 0 Å². The maximum absolute atomic E-state index is 7.21. The summed E-state index contributed by atoms with van der Waals surface area (Å²) in [6.45, 7) is -0.146. The van der Waals surface area contributed by atoms with E-state index in [1.807, 2.05) is 11.8 Å². The zero-order chi connectivity index (χ0) is 48.4. The Bertz CT molecular complexity index is 4150. The number of hydrogen-bond donors (Lipinski definition) is 0. The molecule has 5 nitrogen and oxygen atoms in total. The average molecular weight is 961 g/mol. The van der Waals surface area contributed by atoms with Gasteiger partial charge in [-0.1, -0.05) is 169 Å². The molecule has 0 N–H and O–H groups in total. The molecule has 74 heavy (non-hydrogen) atoms. The first-order chi connectivity index (χ1) is 36.7. The molecule has 16 rings (SSSR count). The van der Waals surface area contributed by atoms with Gasteiger partial charge in [0.1, 0.15) is 11.5 Å². The molecule has 0 spiro atoms. The summed E-state index contributed by atoms with van der Waals surface area (Å²) >= 11 is 1.90. The van der Waals surface area contributed by atoms with Crippen molar-refractivity contribution in [2.45, 2.75) is 9.79 Å². The molecular weight excluding hydrogens is 918 g/mol. The molecule has 0 bridgehead atoms. The van der Waals surface area contributed by atoms with Gasteiger partial charge in [-0.25, -0.2) is 0 Å². The highest BCUT2D eigenvalue weighted by Gasteiger charge is 2.47. The van der Waals surface area contributed by atoms with Gasteiger partial charge in [-0.05, 0) is 124 Å². The molecule has 11 aromatic carbocycles. The Hall–Kier alpha value is -9.10. The lowest BCUT2D eigenvalue weighted by molar-refractivity contribution is 0.487. The maximum atomic E-state index is 7.21. The third kappa shape index (κ3) is 6.03. The van der Waals surface area contributed by atoms with Crippen LogP contribution in [0.15, 0.2) is 265 Å². The Morgan fingerprint density at radius 1 is 0.378 bits per heavy atom. The second-order valence-electron chi connectivity index (χ2n) is 19.6. The summed E-state index contributed by atoms with van der Waals surface area (Å²) in [6.07, 6.45) is 0. The molecule has 4 aliphatic rings. The number of nitrogens with zero attached hydrogens (tertiary/aromatic N) is 4. The number of aromatic nitrogens is 1. The van der Waals surface area contributed by atoms with Gasteiger partial charge >= 0.3 is 0 Å². The van der Waals surface area contributed by atoms with E-state index in [0.717, 1.165) is 57.0 Å². The monoisotopic (exact) mass is 960 g/mol. The Labute approximate surface area is 434 Å². The van der Waals surface area contributed by atoms with E-state index in [2.05, 4.69) is 274 Å². The van der Waals surface area contributed by atoms with Crippen LogP contribution in [0.5, 0.6) is 11.5 Å². The molecule has 0 saturated heterocycles. The molecule has 344 valence electrons. The minimum absolute atomic E-state index is 0.0215. The van der Waals surface area contributed by atoms with Gasteiger partial charge in [0.2, 0.25) is 6.71 Å². The molecule has 5 heterocycles. The molecule has 0 radical (unpaired) electrons. The first kappa shape index (κ1) is 41.5. The molecule has 0 saturated carbocycles. The van der Waals surface area contributed by atoms with Crippen LogP contribution in [0.2, 0.25) is 0 Å². The van der Waals surface area contributed by atoms with Crippen LogP contribution in [-0.2, 0) is 0 Å². The van der Waals surface area contributed by atoms with E-state index in [1.54, 1.807) is 0 Å². The topological polar surface area (TPSA) is 23.9 Å². The lowest BCUT2D eigenvalue weighted by atomic mass is 9.31. The Balaban J connectivity index is 1.04. The van der Waals surface area contributed by atoms with Gasteiger partial charge < -0.3 is 24.0 Å². The van der Waals surface area contributed by atoms with E-state index in [0.29, 0.717) is 0 Å². The smallest absolute Gasteiger partial charge is 0.256 e. The van der Waals surface area contributed by atoms with Crippen molar-refractivity contribution in [1.29, 1.82) is 0 Å². The molecule has 0 atom stereocenters. The average Bonchev–Trinajstić information content (AvgIpc) is 3.84. The zero-order valence-corrected chi connectivity index (χ0v) is 40.8. The van der Waals surface area contributed by atoms with E-state index < -0.39 is 0 Å². The van der Waals surface area contributed by atoms with Crippen molar-refractivity contribution in [1.82, 2.24) is 4.57 Å². The first-order valence-electron chi connectivity index (χ1n) is 25.4. The summed E-state index contributed by atoms with van der Waals surface area (Å²) in [5, 5.41) is 2.47. The van der Waals surface area contributed by atoms with Gasteiger partial charge in [0.25, 0.3) is 6.71 Å². The minimum atomic E-state index is -0.125. The highest BCUT2D eigenvalue weighted by atomic mass is 32.2. The van der Waals surface area contributed by atoms with Gasteiger partial charge in [0.15, 0.2) is 0 Å². The second-order valence-corrected chi connectivity index (χ2v) is 20.6. The van der Waals surface area contributed by atoms with Crippen molar-refractivity contribution < 1.29 is 4.74 Å². The predicted octanol–water partition coefficient (Wildman–Crippen LogP) is 13.4. The summed E-state index contributed by atoms with van der Waals surface area (Å²) in [5.41, 5.74) is 21.2. The lowest BCUT2D eigenvalue weighted by Crippen LogP contribution is -2.63. The number of hydrogen-bond acceptors (Lipinski definition) is 5. The van der Waals surface area contributed by atoms with Crippen molar-refractivity contribution in [3.05, 3.63) is 255 Å². The third-order valence-electron chi connectivity index (χ3n) is 15.6. The second kappa shape index (κ2) is 16.2. The van der Waals surface area contributed by atoms with Crippen molar-refractivity contribution in [3.63, 3.8) is 0 Å². The molecule has 8 heteroatoms. The van der Waals surface area contributed by atoms with Crippen LogP contribution in [0.4, 0.5) is 51.2 Å². The van der Waals surface area contributed by atoms with E-state index >= 15 is 0 Å². The van der Waals surface area contributed by atoms with Crippen LogP contribution in [0, 0.1) is 0 Å². The number of ether oxygens (including phenoxy) is 1. The SMILES string of the molecule is c1ccc(N(c2ccccc2)c2cc3c4c(c2)N(c2ccccc2)c2c(cc5c6c2c2ccccc2n6-c2cc(N(c6ccccc6)c6ccccc6)cc6c2B5c2ccccc2S6)B4c2ccccc2O3)cc1. The standard InChI is InChI=1S/C66H42B2N4OS/c1-6-22-43(23-7-1)69(44-24-8-2-9-25-44)48-38-56-63-59(40-48)73-58-36-20-17-33-51(58)67(63)53-42-54-66-62(65(53)71(56)47-30-14-5-15-31-47)50-32-16-19-35-55(50)72(66)57-39-49(41-61-64(57)68(54)52-34-18-21-37-60(52)74-61)70(45-26-10-3-11-27-45)46-28-12-4-13-29-46/h1-42H. The van der Waals surface area contributed by atoms with Gasteiger partial charge in [0.05, 0.1) is 22.4 Å². The van der Waals surface area contributed by atoms with Gasteiger partial charge in [-0.3, -0.25) is 0 Å². The predicted molar refractivity (Wildman–Crippen MR) is 311 cm³/mol. The maximum Gasteiger partial charge on any atom is 0.256 e. The molecule has 0 aliphatic carbocycles. The van der Waals surface area contributed by atoms with Crippen LogP contribution in [-0.4, -0.2) is 18.0 Å². The highest BCUT2D eigenvalue weighted by Crippen LogP contribution is 2.51. The molecule has 1 aromatic heterocycles. The zero-order valence-electron chi connectivity index (χ0n) is 40.0. The summed E-state index contributed by atoms with van der Waals surface area (Å²) in [4.78, 5) is 9.90. The molecule has 0 unspecified atom stereocenters. The summed E-state index contributed by atoms with van der Waals surface area (Å²) < 4.78 is 9.82. The minimum Gasteiger partial charge on any atom is -0.458 e. The Morgan fingerprint density at radius 2 is 0.905 bits per heavy atom. The fourth-order valence-electron chi connectivity index (χ4n) is 12.7. The third-order valence-corrected chi connectivity index (χ3v) is 16.7. The first-order valence-corrected chi connectivity index (χ1v) is 26.2. The van der Waals surface area contributed by atoms with Crippen molar-refractivity contribution in [2.24, 2.45) is 0 Å². The van der Waals surface area contributed by atoms with Crippen LogP contribution < -0.4 is 52.2 Å². The molecule has 0 fully saturated rings. The number of para-hydroxylation sites is 7. The van der Waals surface area contributed by atoms with Gasteiger partial charge in [-0.2, -0.15) is 0 Å². The molecule has 0 amide bonds. The summed E-state index contributed by atoms with van der Waals surface area (Å²) in [6, 6.07) is 93.2. The quantitative estimate of drug-likeness (QED) is 0.148. The largest absolute Gasteiger partial charge is 0.458 e. The van der Waals surface area contributed by atoms with E-state index in [4.69, 9.17) is 4.74 Å². The van der Waals surface area contributed by atoms with E-state index in [-0.39, 0.29) is 13.4 Å². The molecule has 12 aromatic rings.